The van der Waals surface area contributed by atoms with Crippen LogP contribution in [0, 0.1) is 6.92 Å². The number of aromatic nitrogens is 4. The molecule has 0 aliphatic carbocycles. The summed E-state index contributed by atoms with van der Waals surface area (Å²) in [5.41, 5.74) is 1.94. The van der Waals surface area contributed by atoms with Gasteiger partial charge in [-0.15, -0.1) is 0 Å². The minimum Gasteiger partial charge on any atom is -0.348 e. The van der Waals surface area contributed by atoms with Crippen molar-refractivity contribution in [3.63, 3.8) is 0 Å². The van der Waals surface area contributed by atoms with Crippen molar-refractivity contribution >= 4 is 5.91 Å². The van der Waals surface area contributed by atoms with E-state index in [-0.39, 0.29) is 11.9 Å². The monoisotopic (exact) mass is 257 g/mol. The molecular weight excluding hydrogens is 242 g/mol. The maximum absolute atomic E-state index is 11.9. The zero-order chi connectivity index (χ0) is 13.7. The Morgan fingerprint density at radius 1 is 1.21 bits per heavy atom. The smallest absolute Gasteiger partial charge is 0.271 e. The Labute approximate surface area is 111 Å². The van der Waals surface area contributed by atoms with Crippen LogP contribution in [0.4, 0.5) is 0 Å². The van der Waals surface area contributed by atoms with Crippen LogP contribution in [0.3, 0.4) is 0 Å². The number of nitrogens with one attached hydrogen (secondary N) is 1. The molecule has 98 valence electrons. The molecule has 0 bridgehead atoms. The first kappa shape index (κ1) is 13.1. The Morgan fingerprint density at radius 2 is 2.05 bits per heavy atom. The number of aryl methyl sites for hydroxylation is 1. The summed E-state index contributed by atoms with van der Waals surface area (Å²) in [6.45, 7) is 3.74. The molecule has 1 atom stereocenters. The molecule has 0 aliphatic heterocycles. The first-order valence-electron chi connectivity index (χ1n) is 5.99. The van der Waals surface area contributed by atoms with Crippen LogP contribution in [-0.4, -0.2) is 31.9 Å². The minimum atomic E-state index is -0.233. The van der Waals surface area contributed by atoms with E-state index < -0.39 is 0 Å². The number of amides is 1. The van der Waals surface area contributed by atoms with Gasteiger partial charge < -0.3 is 5.32 Å². The zero-order valence-corrected chi connectivity index (χ0v) is 10.9. The van der Waals surface area contributed by atoms with Crippen LogP contribution in [-0.2, 0) is 6.42 Å². The van der Waals surface area contributed by atoms with Crippen LogP contribution in [0.15, 0.2) is 31.0 Å². The van der Waals surface area contributed by atoms with Crippen molar-refractivity contribution in [2.24, 2.45) is 0 Å². The van der Waals surface area contributed by atoms with Gasteiger partial charge in [-0.1, -0.05) is 0 Å². The third-order valence-corrected chi connectivity index (χ3v) is 2.52. The van der Waals surface area contributed by atoms with Crippen molar-refractivity contribution in [1.82, 2.24) is 25.3 Å². The van der Waals surface area contributed by atoms with Crippen molar-refractivity contribution in [3.8, 4) is 0 Å². The first-order chi connectivity index (χ1) is 9.15. The van der Waals surface area contributed by atoms with Crippen molar-refractivity contribution in [3.05, 3.63) is 48.1 Å². The highest BCUT2D eigenvalue weighted by atomic mass is 16.1. The maximum Gasteiger partial charge on any atom is 0.271 e. The summed E-state index contributed by atoms with van der Waals surface area (Å²) in [6, 6.07) is -0.0488. The van der Waals surface area contributed by atoms with Crippen molar-refractivity contribution in [1.29, 1.82) is 0 Å². The van der Waals surface area contributed by atoms with Gasteiger partial charge in [0.2, 0.25) is 0 Å². The number of rotatable bonds is 4. The van der Waals surface area contributed by atoms with Crippen LogP contribution in [0.25, 0.3) is 0 Å². The van der Waals surface area contributed by atoms with Crippen LogP contribution in [0.1, 0.15) is 28.8 Å². The number of hydrogen-bond acceptors (Lipinski definition) is 5. The van der Waals surface area contributed by atoms with Gasteiger partial charge in [-0.25, -0.2) is 4.98 Å². The lowest BCUT2D eigenvalue weighted by Crippen LogP contribution is -2.34. The normalized spacial score (nSPS) is 11.9. The third-order valence-electron chi connectivity index (χ3n) is 2.52. The number of carbonyl (C=O) groups excluding carboxylic acids is 1. The predicted molar refractivity (Wildman–Crippen MR) is 69.4 cm³/mol. The lowest BCUT2D eigenvalue weighted by molar-refractivity contribution is 0.0934. The molecule has 2 rings (SSSR count). The second kappa shape index (κ2) is 5.99. The van der Waals surface area contributed by atoms with Gasteiger partial charge in [0.05, 0.1) is 17.6 Å². The molecule has 0 aliphatic rings. The van der Waals surface area contributed by atoms with Crippen LogP contribution < -0.4 is 5.32 Å². The van der Waals surface area contributed by atoms with E-state index in [2.05, 4.69) is 25.3 Å². The van der Waals surface area contributed by atoms with Gasteiger partial charge in [0, 0.05) is 37.3 Å². The lowest BCUT2D eigenvalue weighted by atomic mass is 10.2. The molecule has 0 radical (unpaired) electrons. The van der Waals surface area contributed by atoms with Crippen LogP contribution >= 0.6 is 0 Å². The fourth-order valence-electron chi connectivity index (χ4n) is 1.61. The third kappa shape index (κ3) is 3.80. The Bertz CT molecular complexity index is 541. The van der Waals surface area contributed by atoms with Crippen molar-refractivity contribution in [2.45, 2.75) is 26.3 Å². The Kier molecular flexibility index (Phi) is 4.12. The van der Waals surface area contributed by atoms with Gasteiger partial charge in [0.1, 0.15) is 5.69 Å². The number of hydrogen-bond donors (Lipinski definition) is 1. The minimum absolute atomic E-state index is 0.0488. The van der Waals surface area contributed by atoms with Crippen LogP contribution in [0.2, 0.25) is 0 Å². The highest BCUT2D eigenvalue weighted by Gasteiger charge is 2.12. The largest absolute Gasteiger partial charge is 0.348 e. The quantitative estimate of drug-likeness (QED) is 0.881. The predicted octanol–water partition coefficient (Wildman–Crippen LogP) is 0.936. The fraction of sp³-hybridized carbons (Fsp3) is 0.308. The molecule has 2 aromatic heterocycles. The molecule has 0 fully saturated rings. The summed E-state index contributed by atoms with van der Waals surface area (Å²) >= 11 is 0. The zero-order valence-electron chi connectivity index (χ0n) is 10.9. The molecule has 19 heavy (non-hydrogen) atoms. The molecule has 2 heterocycles. The summed E-state index contributed by atoms with van der Waals surface area (Å²) in [7, 11) is 0. The summed E-state index contributed by atoms with van der Waals surface area (Å²) < 4.78 is 0. The highest BCUT2D eigenvalue weighted by molar-refractivity contribution is 5.92. The highest BCUT2D eigenvalue weighted by Crippen LogP contribution is 1.99. The first-order valence-corrected chi connectivity index (χ1v) is 5.99. The summed E-state index contributed by atoms with van der Waals surface area (Å²) in [5.74, 6) is -0.233. The topological polar surface area (TPSA) is 80.7 Å². The van der Waals surface area contributed by atoms with E-state index in [9.17, 15) is 4.79 Å². The molecule has 0 unspecified atom stereocenters. The molecule has 0 aromatic carbocycles. The van der Waals surface area contributed by atoms with Gasteiger partial charge in [-0.05, 0) is 13.8 Å². The molecule has 6 heteroatoms. The van der Waals surface area contributed by atoms with Gasteiger partial charge in [0.25, 0.3) is 5.91 Å². The standard InChI is InChI=1S/C13H15N5O/c1-9(5-11-7-14-3-4-15-11)18-13(19)12-8-16-10(2)6-17-12/h3-4,6-9H,5H2,1-2H3,(H,18,19)/t9-/m1/s1. The molecule has 6 nitrogen and oxygen atoms in total. The molecule has 0 spiro atoms. The van der Waals surface area contributed by atoms with Gasteiger partial charge >= 0.3 is 0 Å². The second-order valence-corrected chi connectivity index (χ2v) is 4.32. The van der Waals surface area contributed by atoms with Gasteiger partial charge in [-0.2, -0.15) is 0 Å². The lowest BCUT2D eigenvalue weighted by Gasteiger charge is -2.12. The molecule has 0 saturated heterocycles. The summed E-state index contributed by atoms with van der Waals surface area (Å²) in [6.07, 6.45) is 8.61. The second-order valence-electron chi connectivity index (χ2n) is 4.32. The van der Waals surface area contributed by atoms with Gasteiger partial charge in [0.15, 0.2) is 0 Å². The molecule has 0 saturated carbocycles. The van der Waals surface area contributed by atoms with Crippen LogP contribution in [0.5, 0.6) is 0 Å². The average Bonchev–Trinajstić information content (AvgIpc) is 2.40. The Morgan fingerprint density at radius 3 is 2.68 bits per heavy atom. The molecular formula is C13H15N5O. The van der Waals surface area contributed by atoms with E-state index in [0.29, 0.717) is 12.1 Å². The average molecular weight is 257 g/mol. The van der Waals surface area contributed by atoms with E-state index in [1.807, 2.05) is 13.8 Å². The van der Waals surface area contributed by atoms with E-state index in [1.54, 1.807) is 24.8 Å². The van der Waals surface area contributed by atoms with Gasteiger partial charge in [-0.3, -0.25) is 19.7 Å². The Hall–Kier alpha value is -2.37. The van der Waals surface area contributed by atoms with E-state index in [0.717, 1.165) is 11.4 Å². The summed E-state index contributed by atoms with van der Waals surface area (Å²) in [5, 5.41) is 2.85. The number of carbonyl (C=O) groups is 1. The Balaban J connectivity index is 1.93. The van der Waals surface area contributed by atoms with E-state index in [4.69, 9.17) is 0 Å². The maximum atomic E-state index is 11.9. The fourth-order valence-corrected chi connectivity index (χ4v) is 1.61. The van der Waals surface area contributed by atoms with E-state index >= 15 is 0 Å². The van der Waals surface area contributed by atoms with E-state index in [1.165, 1.54) is 6.20 Å². The molecule has 1 amide bonds. The van der Waals surface area contributed by atoms with Crippen molar-refractivity contribution in [2.75, 3.05) is 0 Å². The SMILES string of the molecule is Cc1cnc(C(=O)N[C@H](C)Cc2cnccn2)cn1. The molecule has 2 aromatic rings. The number of nitrogens with zero attached hydrogens (tertiary/aromatic N) is 4. The molecule has 1 N–H and O–H groups in total. The summed E-state index contributed by atoms with van der Waals surface area (Å²) in [4.78, 5) is 28.1. The van der Waals surface area contributed by atoms with Crippen molar-refractivity contribution < 1.29 is 4.79 Å².